The highest BCUT2D eigenvalue weighted by Gasteiger charge is 2.14. The van der Waals surface area contributed by atoms with E-state index < -0.39 is 0 Å². The lowest BCUT2D eigenvalue weighted by Crippen LogP contribution is -2.03. The molecule has 0 fully saturated rings. The van der Waals surface area contributed by atoms with E-state index in [1.54, 1.807) is 0 Å². The maximum absolute atomic E-state index is 12.2. The van der Waals surface area contributed by atoms with Gasteiger partial charge in [-0.1, -0.05) is 254 Å². The van der Waals surface area contributed by atoms with Gasteiger partial charge < -0.3 is 28.4 Å². The molecule has 0 saturated heterocycles. The SMILES string of the molecule is CCCCCCOc1cc(/C=C/c2ccc(/C=C/c3cc(OCCCCCC)c(/C=C/c4ccc(/C=C/c5cc(OCCCCCC)c(C=O)cc5OCCCCCC)cc4)cc3OCCCCCC)cc2)c(OCCCCCC)cc1I. The lowest BCUT2D eigenvalue weighted by molar-refractivity contribution is 0.111. The summed E-state index contributed by atoms with van der Waals surface area (Å²) in [6.07, 6.45) is 45.2. The van der Waals surface area contributed by atoms with Gasteiger partial charge in [0.1, 0.15) is 34.5 Å². The highest BCUT2D eigenvalue weighted by Crippen LogP contribution is 2.35. The molecule has 450 valence electrons. The van der Waals surface area contributed by atoms with Gasteiger partial charge >= 0.3 is 0 Å². The van der Waals surface area contributed by atoms with E-state index >= 15 is 0 Å². The normalized spacial score (nSPS) is 11.7. The van der Waals surface area contributed by atoms with Crippen molar-refractivity contribution in [2.45, 2.75) is 196 Å². The van der Waals surface area contributed by atoms with Gasteiger partial charge in [-0.2, -0.15) is 0 Å². The average molecular weight is 1240 g/mol. The van der Waals surface area contributed by atoms with Crippen LogP contribution in [0.15, 0.2) is 84.9 Å². The van der Waals surface area contributed by atoms with Crippen molar-refractivity contribution in [1.29, 1.82) is 0 Å². The van der Waals surface area contributed by atoms with Crippen LogP contribution in [0, 0.1) is 3.57 Å². The first-order chi connectivity index (χ1) is 40.8. The lowest BCUT2D eigenvalue weighted by Gasteiger charge is -2.15. The molecule has 0 bridgehead atoms. The first-order valence-electron chi connectivity index (χ1n) is 32.2. The van der Waals surface area contributed by atoms with E-state index in [2.05, 4.69) is 186 Å². The number of halogens is 1. The fraction of sp³-hybridized carbons (Fsp3) is 0.480. The van der Waals surface area contributed by atoms with Crippen molar-refractivity contribution in [3.63, 3.8) is 0 Å². The van der Waals surface area contributed by atoms with E-state index in [1.165, 1.54) is 83.5 Å². The first-order valence-corrected chi connectivity index (χ1v) is 33.2. The fourth-order valence-corrected chi connectivity index (χ4v) is 10.1. The molecule has 0 saturated carbocycles. The van der Waals surface area contributed by atoms with Gasteiger partial charge in [0.05, 0.1) is 48.8 Å². The van der Waals surface area contributed by atoms with Crippen molar-refractivity contribution in [2.75, 3.05) is 39.6 Å². The van der Waals surface area contributed by atoms with Gasteiger partial charge in [0.15, 0.2) is 6.29 Å². The largest absolute Gasteiger partial charge is 0.493 e. The smallest absolute Gasteiger partial charge is 0.153 e. The van der Waals surface area contributed by atoms with E-state index in [0.717, 1.165) is 155 Å². The van der Waals surface area contributed by atoms with Gasteiger partial charge in [0.2, 0.25) is 0 Å². The summed E-state index contributed by atoms with van der Waals surface area (Å²) in [5.74, 6) is 4.80. The number of hydrogen-bond acceptors (Lipinski definition) is 7. The van der Waals surface area contributed by atoms with Gasteiger partial charge in [0.25, 0.3) is 0 Å². The zero-order chi connectivity index (χ0) is 59.0. The van der Waals surface area contributed by atoms with Crippen LogP contribution in [0.3, 0.4) is 0 Å². The Morgan fingerprint density at radius 3 is 0.747 bits per heavy atom. The molecule has 5 rings (SSSR count). The van der Waals surface area contributed by atoms with Crippen molar-refractivity contribution in [1.82, 2.24) is 0 Å². The molecule has 7 nitrogen and oxygen atoms in total. The quantitative estimate of drug-likeness (QED) is 0.0166. The Kier molecular flexibility index (Phi) is 34.5. The van der Waals surface area contributed by atoms with Crippen LogP contribution in [0.1, 0.15) is 251 Å². The van der Waals surface area contributed by atoms with Crippen molar-refractivity contribution in [2.24, 2.45) is 0 Å². The Morgan fingerprint density at radius 2 is 0.494 bits per heavy atom. The van der Waals surface area contributed by atoms with Crippen LogP contribution in [-0.2, 0) is 0 Å². The van der Waals surface area contributed by atoms with Gasteiger partial charge in [-0.25, -0.2) is 0 Å². The molecular formula is C75H101IO7. The predicted octanol–water partition coefficient (Wildman–Crippen LogP) is 22.5. The number of carbonyl (C=O) groups is 1. The van der Waals surface area contributed by atoms with E-state index in [4.69, 9.17) is 28.4 Å². The van der Waals surface area contributed by atoms with Crippen LogP contribution in [-0.4, -0.2) is 45.9 Å². The summed E-state index contributed by atoms with van der Waals surface area (Å²) in [4.78, 5) is 12.2. The van der Waals surface area contributed by atoms with E-state index in [9.17, 15) is 4.79 Å². The molecule has 0 radical (unpaired) electrons. The number of carbonyl (C=O) groups excluding carboxylic acids is 1. The molecule has 0 N–H and O–H groups in total. The highest BCUT2D eigenvalue weighted by atomic mass is 127. The summed E-state index contributed by atoms with van der Waals surface area (Å²) in [5, 5.41) is 0. The van der Waals surface area contributed by atoms with Gasteiger partial charge in [-0.15, -0.1) is 0 Å². The fourth-order valence-electron chi connectivity index (χ4n) is 9.53. The number of aldehydes is 1. The van der Waals surface area contributed by atoms with E-state index in [-0.39, 0.29) is 0 Å². The molecule has 0 aliphatic heterocycles. The molecule has 0 heterocycles. The Balaban J connectivity index is 1.39. The number of hydrogen-bond donors (Lipinski definition) is 0. The van der Waals surface area contributed by atoms with E-state index in [1.807, 2.05) is 12.1 Å². The average Bonchev–Trinajstić information content (AvgIpc) is 3.53. The Morgan fingerprint density at radius 1 is 0.277 bits per heavy atom. The molecule has 0 spiro atoms. The second-order valence-electron chi connectivity index (χ2n) is 21.9. The Hall–Kier alpha value is -5.74. The van der Waals surface area contributed by atoms with Crippen molar-refractivity contribution in [3.05, 3.63) is 139 Å². The third-order valence-corrected chi connectivity index (χ3v) is 15.5. The maximum Gasteiger partial charge on any atom is 0.153 e. The third-order valence-electron chi connectivity index (χ3n) is 14.7. The monoisotopic (exact) mass is 1240 g/mol. The van der Waals surface area contributed by atoms with Crippen LogP contribution in [0.2, 0.25) is 0 Å². The van der Waals surface area contributed by atoms with Crippen molar-refractivity contribution >= 4 is 77.5 Å². The van der Waals surface area contributed by atoms with Gasteiger partial charge in [0, 0.05) is 22.3 Å². The zero-order valence-corrected chi connectivity index (χ0v) is 53.9. The molecular weight excluding hydrogens is 1140 g/mol. The second-order valence-corrected chi connectivity index (χ2v) is 23.1. The molecule has 0 aliphatic rings. The molecule has 83 heavy (non-hydrogen) atoms. The van der Waals surface area contributed by atoms with Gasteiger partial charge in [-0.05, 0) is 120 Å². The molecule has 5 aromatic carbocycles. The van der Waals surface area contributed by atoms with Crippen LogP contribution in [0.4, 0.5) is 0 Å². The minimum absolute atomic E-state index is 0.519. The summed E-state index contributed by atoms with van der Waals surface area (Å²) >= 11 is 2.38. The highest BCUT2D eigenvalue weighted by molar-refractivity contribution is 14.1. The molecule has 0 aliphatic carbocycles. The predicted molar refractivity (Wildman–Crippen MR) is 364 cm³/mol. The minimum atomic E-state index is 0.519. The molecule has 8 heteroatoms. The minimum Gasteiger partial charge on any atom is -0.493 e. The third kappa shape index (κ3) is 26.4. The molecule has 0 atom stereocenters. The molecule has 0 unspecified atom stereocenters. The summed E-state index contributed by atoms with van der Waals surface area (Å²) in [6, 6.07) is 29.6. The first kappa shape index (κ1) is 68.0. The van der Waals surface area contributed by atoms with Crippen LogP contribution in [0.25, 0.3) is 48.6 Å². The summed E-state index contributed by atoms with van der Waals surface area (Å²) in [6.45, 7) is 17.3. The van der Waals surface area contributed by atoms with Crippen LogP contribution >= 0.6 is 22.6 Å². The maximum atomic E-state index is 12.2. The summed E-state index contributed by atoms with van der Waals surface area (Å²) < 4.78 is 39.6. The van der Waals surface area contributed by atoms with Crippen molar-refractivity contribution < 1.29 is 33.2 Å². The number of benzene rings is 5. The van der Waals surface area contributed by atoms with Crippen molar-refractivity contribution in [3.8, 4) is 34.5 Å². The number of rotatable bonds is 45. The zero-order valence-electron chi connectivity index (χ0n) is 51.7. The number of ether oxygens (including phenoxy) is 6. The topological polar surface area (TPSA) is 72.5 Å². The summed E-state index contributed by atoms with van der Waals surface area (Å²) in [7, 11) is 0. The van der Waals surface area contributed by atoms with E-state index in [0.29, 0.717) is 50.1 Å². The Labute approximate surface area is 515 Å². The van der Waals surface area contributed by atoms with Gasteiger partial charge in [-0.3, -0.25) is 4.79 Å². The standard InChI is InChI=1S/C75H101IO7/c1-7-13-19-25-47-78-70-54-65(44-40-61-35-37-63(38-36-61)42-46-67-56-75(83-52-30-24-18-12-6)69(76)58-74(67)82-51-29-23-17-11-5)71(79-48-26-20-14-8-2)53-64(70)43-39-60-31-33-62(34-32-60)41-45-66-55-73(81-50-28-22-16-10-4)68(59-77)57-72(66)80-49-27-21-15-9-3/h31-46,53-59H,7-30,47-52H2,1-6H3/b43-39+,44-40+,45-41+,46-42+. The molecule has 0 amide bonds. The lowest BCUT2D eigenvalue weighted by atomic mass is 10.0. The Bertz CT molecular complexity index is 2700. The molecule has 5 aromatic rings. The summed E-state index contributed by atoms with van der Waals surface area (Å²) in [5.41, 5.74) is 8.74. The number of unbranched alkanes of at least 4 members (excludes halogenated alkanes) is 18. The van der Waals surface area contributed by atoms with Crippen LogP contribution in [0.5, 0.6) is 34.5 Å². The second kappa shape index (κ2) is 42.1. The van der Waals surface area contributed by atoms with Crippen LogP contribution < -0.4 is 28.4 Å². The molecule has 0 aromatic heterocycles.